The van der Waals surface area contributed by atoms with Crippen LogP contribution < -0.4 is 0 Å². The van der Waals surface area contributed by atoms with Gasteiger partial charge in [-0.3, -0.25) is 19.4 Å². The van der Waals surface area contributed by atoms with Crippen molar-refractivity contribution < 1.29 is 14.3 Å². The summed E-state index contributed by atoms with van der Waals surface area (Å²) in [5, 5.41) is 0. The van der Waals surface area contributed by atoms with E-state index in [-0.39, 0.29) is 11.8 Å². The Morgan fingerprint density at radius 3 is 2.03 bits per heavy atom. The second kappa shape index (κ2) is 14.1. The number of benzene rings is 1. The Kier molecular flexibility index (Phi) is 10.6. The topological polar surface area (TPSA) is 53.1 Å². The van der Waals surface area contributed by atoms with Crippen molar-refractivity contribution in [2.45, 2.75) is 83.1 Å². The van der Waals surface area contributed by atoms with Crippen molar-refractivity contribution in [1.82, 2.24) is 14.7 Å². The Morgan fingerprint density at radius 2 is 1.34 bits per heavy atom. The van der Waals surface area contributed by atoms with Crippen molar-refractivity contribution in [2.75, 3.05) is 52.5 Å². The third kappa shape index (κ3) is 7.61. The highest BCUT2D eigenvalue weighted by Crippen LogP contribution is 2.24. The summed E-state index contributed by atoms with van der Waals surface area (Å²) in [5.74, 6) is -0.246. The Labute approximate surface area is 212 Å². The lowest BCUT2D eigenvalue weighted by Crippen LogP contribution is -2.41. The molecule has 1 saturated heterocycles. The predicted octanol–water partition coefficient (Wildman–Crippen LogP) is 4.98. The lowest BCUT2D eigenvalue weighted by molar-refractivity contribution is 0.0348. The number of unbranched alkanes of at least 4 members (excludes halogenated alkanes) is 5. The standard InChI is InChI=1S/C29H45N3O3/c33-28-26-15-8-9-16-27(26)29(34)32(28)20-11-4-2-1-3-10-18-31(25-13-6-5-7-14-25)19-12-17-30-21-23-35-24-22-30/h8-9,15-16,25H,1-7,10-14,17-24H2. The fourth-order valence-corrected chi connectivity index (χ4v) is 5.98. The zero-order chi connectivity index (χ0) is 24.3. The van der Waals surface area contributed by atoms with E-state index >= 15 is 0 Å². The van der Waals surface area contributed by atoms with Gasteiger partial charge in [0, 0.05) is 25.7 Å². The van der Waals surface area contributed by atoms with Gasteiger partial charge in [-0.2, -0.15) is 0 Å². The van der Waals surface area contributed by atoms with Gasteiger partial charge in [0.15, 0.2) is 0 Å². The molecule has 0 bridgehead atoms. The van der Waals surface area contributed by atoms with E-state index in [1.54, 1.807) is 12.1 Å². The van der Waals surface area contributed by atoms with Gasteiger partial charge in [-0.1, -0.05) is 57.1 Å². The van der Waals surface area contributed by atoms with Crippen LogP contribution in [-0.2, 0) is 4.74 Å². The second-order valence-corrected chi connectivity index (χ2v) is 10.6. The number of carbonyl (C=O) groups excluding carboxylic acids is 2. The van der Waals surface area contributed by atoms with Crippen LogP contribution >= 0.6 is 0 Å². The maximum Gasteiger partial charge on any atom is 0.261 e. The molecule has 0 N–H and O–H groups in total. The highest BCUT2D eigenvalue weighted by molar-refractivity contribution is 6.21. The first-order valence-electron chi connectivity index (χ1n) is 14.2. The van der Waals surface area contributed by atoms with Gasteiger partial charge in [0.25, 0.3) is 11.8 Å². The van der Waals surface area contributed by atoms with Gasteiger partial charge >= 0.3 is 0 Å². The molecule has 6 nitrogen and oxygen atoms in total. The van der Waals surface area contributed by atoms with Gasteiger partial charge in [0.1, 0.15) is 0 Å². The van der Waals surface area contributed by atoms with Crippen LogP contribution in [0, 0.1) is 0 Å². The number of carbonyl (C=O) groups is 2. The molecule has 6 heteroatoms. The lowest BCUT2D eigenvalue weighted by Gasteiger charge is -2.35. The quantitative estimate of drug-likeness (QED) is 0.276. The first kappa shape index (κ1) is 26.3. The predicted molar refractivity (Wildman–Crippen MR) is 140 cm³/mol. The zero-order valence-corrected chi connectivity index (χ0v) is 21.6. The molecule has 2 amide bonds. The zero-order valence-electron chi connectivity index (χ0n) is 21.6. The number of rotatable bonds is 14. The average molecular weight is 484 g/mol. The van der Waals surface area contributed by atoms with Gasteiger partial charge in [0.05, 0.1) is 24.3 Å². The van der Waals surface area contributed by atoms with Crippen molar-refractivity contribution in [3.8, 4) is 0 Å². The van der Waals surface area contributed by atoms with Crippen LogP contribution in [0.15, 0.2) is 24.3 Å². The molecule has 2 heterocycles. The number of imide groups is 1. The summed E-state index contributed by atoms with van der Waals surface area (Å²) in [5.41, 5.74) is 1.12. The molecule has 194 valence electrons. The van der Waals surface area contributed by atoms with Crippen molar-refractivity contribution in [3.63, 3.8) is 0 Å². The summed E-state index contributed by atoms with van der Waals surface area (Å²) in [6, 6.07) is 7.97. The highest BCUT2D eigenvalue weighted by Gasteiger charge is 2.34. The van der Waals surface area contributed by atoms with Crippen LogP contribution in [0.2, 0.25) is 0 Å². The van der Waals surface area contributed by atoms with Gasteiger partial charge < -0.3 is 9.64 Å². The minimum absolute atomic E-state index is 0.123. The Morgan fingerprint density at radius 1 is 0.743 bits per heavy atom. The summed E-state index contributed by atoms with van der Waals surface area (Å²) >= 11 is 0. The molecule has 0 spiro atoms. The molecule has 4 rings (SSSR count). The lowest BCUT2D eigenvalue weighted by atomic mass is 9.93. The Hall–Kier alpha value is -1.76. The van der Waals surface area contributed by atoms with Crippen LogP contribution in [0.3, 0.4) is 0 Å². The van der Waals surface area contributed by atoms with E-state index < -0.39 is 0 Å². The average Bonchev–Trinajstić information content (AvgIpc) is 3.15. The third-order valence-corrected chi connectivity index (χ3v) is 8.07. The number of fused-ring (bicyclic) bond motifs is 1. The van der Waals surface area contributed by atoms with Crippen LogP contribution in [0.25, 0.3) is 0 Å². The number of morpholine rings is 1. The molecule has 0 radical (unpaired) electrons. The van der Waals surface area contributed by atoms with E-state index in [4.69, 9.17) is 4.74 Å². The number of amides is 2. The molecule has 0 aromatic heterocycles. The summed E-state index contributed by atoms with van der Waals surface area (Å²) in [7, 11) is 0. The molecule has 1 saturated carbocycles. The Balaban J connectivity index is 1.08. The van der Waals surface area contributed by atoms with Crippen LogP contribution in [0.5, 0.6) is 0 Å². The van der Waals surface area contributed by atoms with Crippen molar-refractivity contribution in [2.24, 2.45) is 0 Å². The van der Waals surface area contributed by atoms with E-state index in [9.17, 15) is 9.59 Å². The van der Waals surface area contributed by atoms with E-state index in [1.165, 1.54) is 88.7 Å². The number of nitrogens with zero attached hydrogens (tertiary/aromatic N) is 3. The molecule has 2 aliphatic heterocycles. The fourth-order valence-electron chi connectivity index (χ4n) is 5.98. The first-order valence-corrected chi connectivity index (χ1v) is 14.2. The molecular formula is C29H45N3O3. The molecule has 2 fully saturated rings. The van der Waals surface area contributed by atoms with E-state index in [2.05, 4.69) is 9.80 Å². The van der Waals surface area contributed by atoms with E-state index in [0.29, 0.717) is 17.7 Å². The smallest absolute Gasteiger partial charge is 0.261 e. The van der Waals surface area contributed by atoms with E-state index in [0.717, 1.165) is 45.2 Å². The fraction of sp³-hybridized carbons (Fsp3) is 0.724. The van der Waals surface area contributed by atoms with Crippen molar-refractivity contribution >= 4 is 11.8 Å². The molecule has 1 aromatic carbocycles. The normalized spacial score (nSPS) is 19.6. The maximum atomic E-state index is 12.5. The van der Waals surface area contributed by atoms with Crippen molar-refractivity contribution in [3.05, 3.63) is 35.4 Å². The third-order valence-electron chi connectivity index (χ3n) is 8.07. The minimum atomic E-state index is -0.123. The molecule has 0 atom stereocenters. The monoisotopic (exact) mass is 483 g/mol. The minimum Gasteiger partial charge on any atom is -0.379 e. The highest BCUT2D eigenvalue weighted by atomic mass is 16.5. The largest absolute Gasteiger partial charge is 0.379 e. The molecule has 0 unspecified atom stereocenters. The van der Waals surface area contributed by atoms with Gasteiger partial charge in [-0.15, -0.1) is 0 Å². The molecular weight excluding hydrogens is 438 g/mol. The van der Waals surface area contributed by atoms with E-state index in [1.807, 2.05) is 12.1 Å². The summed E-state index contributed by atoms with van der Waals surface area (Å²) in [6.07, 6.45) is 15.2. The summed E-state index contributed by atoms with van der Waals surface area (Å²) in [4.78, 5) is 31.7. The number of hydrogen-bond acceptors (Lipinski definition) is 5. The molecule has 1 aromatic rings. The second-order valence-electron chi connectivity index (χ2n) is 10.6. The molecule has 1 aliphatic carbocycles. The number of ether oxygens (including phenoxy) is 1. The van der Waals surface area contributed by atoms with Gasteiger partial charge in [-0.25, -0.2) is 0 Å². The maximum absolute atomic E-state index is 12.5. The van der Waals surface area contributed by atoms with Gasteiger partial charge in [0.2, 0.25) is 0 Å². The summed E-state index contributed by atoms with van der Waals surface area (Å²) < 4.78 is 5.49. The SMILES string of the molecule is O=C1c2ccccc2C(=O)N1CCCCCCCCN(CCCN1CCOCC1)C1CCCCC1. The summed E-state index contributed by atoms with van der Waals surface area (Å²) in [6.45, 7) is 8.21. The van der Waals surface area contributed by atoms with Gasteiger partial charge in [-0.05, 0) is 63.9 Å². The van der Waals surface area contributed by atoms with Crippen LogP contribution in [-0.4, -0.2) is 85.0 Å². The molecule has 3 aliphatic rings. The first-order chi connectivity index (χ1) is 17.2. The number of hydrogen-bond donors (Lipinski definition) is 0. The van der Waals surface area contributed by atoms with Crippen molar-refractivity contribution in [1.29, 1.82) is 0 Å². The van der Waals surface area contributed by atoms with Crippen LogP contribution in [0.1, 0.15) is 97.8 Å². The van der Waals surface area contributed by atoms with Crippen LogP contribution in [0.4, 0.5) is 0 Å². The molecule has 35 heavy (non-hydrogen) atoms. The Bertz CT molecular complexity index is 767.